The number of hydrogen-bond acceptors (Lipinski definition) is 5. The molecule has 0 aromatic carbocycles. The van der Waals surface area contributed by atoms with Gasteiger partial charge in [0, 0.05) is 11.9 Å². The van der Waals surface area contributed by atoms with Gasteiger partial charge in [-0.05, 0) is 26.0 Å². The third kappa shape index (κ3) is 4.65. The average molecular weight is 356 g/mol. The van der Waals surface area contributed by atoms with E-state index < -0.39 is 15.6 Å². The number of thiophene rings is 1. The summed E-state index contributed by atoms with van der Waals surface area (Å²) in [5, 5.41) is 4.36. The molecule has 0 aliphatic rings. The molecule has 0 atom stereocenters. The lowest BCUT2D eigenvalue weighted by atomic mass is 9.93. The first kappa shape index (κ1) is 20.3. The Kier molecular flexibility index (Phi) is 7.83. The van der Waals surface area contributed by atoms with Crippen LogP contribution >= 0.6 is 23.7 Å². The van der Waals surface area contributed by atoms with E-state index in [2.05, 4.69) is 10.0 Å². The molecule has 6 nitrogen and oxygen atoms in total. The van der Waals surface area contributed by atoms with Gasteiger partial charge in [0.25, 0.3) is 5.91 Å². The summed E-state index contributed by atoms with van der Waals surface area (Å²) >= 11 is 1.10. The van der Waals surface area contributed by atoms with Gasteiger partial charge in [0.05, 0.1) is 15.3 Å². The minimum Gasteiger partial charge on any atom is -0.345 e. The molecule has 9 heteroatoms. The van der Waals surface area contributed by atoms with E-state index in [0.717, 1.165) is 24.2 Å². The molecular weight excluding hydrogens is 334 g/mol. The van der Waals surface area contributed by atoms with Crippen molar-refractivity contribution in [3.05, 3.63) is 16.3 Å². The highest BCUT2D eigenvalue weighted by Crippen LogP contribution is 2.21. The molecule has 1 rings (SSSR count). The topological polar surface area (TPSA) is 101 Å². The maximum absolute atomic E-state index is 12.2. The average Bonchev–Trinajstić information content (AvgIpc) is 2.95. The smallest absolute Gasteiger partial charge is 0.261 e. The molecule has 0 spiro atoms. The summed E-state index contributed by atoms with van der Waals surface area (Å²) in [6.45, 7) is 4.27. The van der Waals surface area contributed by atoms with Gasteiger partial charge < -0.3 is 11.1 Å². The van der Waals surface area contributed by atoms with Crippen LogP contribution < -0.4 is 15.8 Å². The Balaban J connectivity index is 0.00000400. The number of nitrogens with one attached hydrogen (secondary N) is 2. The van der Waals surface area contributed by atoms with Crippen molar-refractivity contribution in [2.45, 2.75) is 37.1 Å². The van der Waals surface area contributed by atoms with Crippen molar-refractivity contribution in [3.63, 3.8) is 0 Å². The number of amides is 1. The number of nitrogens with two attached hydrogens (primary N) is 1. The van der Waals surface area contributed by atoms with Gasteiger partial charge >= 0.3 is 0 Å². The van der Waals surface area contributed by atoms with Crippen LogP contribution in [0.5, 0.6) is 0 Å². The predicted molar refractivity (Wildman–Crippen MR) is 87.6 cm³/mol. The number of carbonyl (C=O) groups excluding carboxylic acids is 1. The van der Waals surface area contributed by atoms with Crippen LogP contribution in [0.25, 0.3) is 0 Å². The predicted octanol–water partition coefficient (Wildman–Crippen LogP) is 1.33. The van der Waals surface area contributed by atoms with Crippen molar-refractivity contribution in [2.24, 2.45) is 5.73 Å². The molecule has 21 heavy (non-hydrogen) atoms. The van der Waals surface area contributed by atoms with Gasteiger partial charge in [-0.15, -0.1) is 23.7 Å². The number of hydrogen-bond donors (Lipinski definition) is 3. The summed E-state index contributed by atoms with van der Waals surface area (Å²) in [6.07, 6.45) is 1.44. The van der Waals surface area contributed by atoms with Crippen molar-refractivity contribution in [1.82, 2.24) is 10.0 Å². The van der Waals surface area contributed by atoms with Gasteiger partial charge in [-0.2, -0.15) is 0 Å². The first-order chi connectivity index (χ1) is 9.34. The lowest BCUT2D eigenvalue weighted by molar-refractivity contribution is 0.0899. The maximum Gasteiger partial charge on any atom is 0.261 e. The molecule has 1 aromatic rings. The second kappa shape index (κ2) is 8.09. The minimum atomic E-state index is -3.52. The molecule has 0 aliphatic carbocycles. The molecule has 4 N–H and O–H groups in total. The number of halogens is 1. The molecular formula is C12H22ClN3O3S2. The van der Waals surface area contributed by atoms with Crippen molar-refractivity contribution < 1.29 is 13.2 Å². The summed E-state index contributed by atoms with van der Waals surface area (Å²) in [5.74, 6) is -0.290. The van der Waals surface area contributed by atoms with Crippen LogP contribution in [0.2, 0.25) is 0 Å². The van der Waals surface area contributed by atoms with Crippen LogP contribution in [0.1, 0.15) is 36.4 Å². The van der Waals surface area contributed by atoms with E-state index in [0.29, 0.717) is 11.4 Å². The van der Waals surface area contributed by atoms with Crippen LogP contribution in [0.4, 0.5) is 0 Å². The minimum absolute atomic E-state index is 0. The lowest BCUT2D eigenvalue weighted by Crippen LogP contribution is -2.52. The Morgan fingerprint density at radius 3 is 2.38 bits per heavy atom. The molecule has 0 saturated heterocycles. The molecule has 1 amide bonds. The van der Waals surface area contributed by atoms with Crippen LogP contribution in [-0.4, -0.2) is 33.5 Å². The van der Waals surface area contributed by atoms with E-state index in [1.165, 1.54) is 18.5 Å². The van der Waals surface area contributed by atoms with Gasteiger partial charge in [-0.25, -0.2) is 13.1 Å². The first-order valence-electron chi connectivity index (χ1n) is 6.38. The van der Waals surface area contributed by atoms with E-state index in [9.17, 15) is 13.2 Å². The van der Waals surface area contributed by atoms with Crippen molar-refractivity contribution in [3.8, 4) is 0 Å². The third-order valence-corrected chi connectivity index (χ3v) is 5.97. The van der Waals surface area contributed by atoms with Crippen LogP contribution in [0.15, 0.2) is 16.3 Å². The zero-order valence-corrected chi connectivity index (χ0v) is 14.8. The number of rotatable bonds is 7. The maximum atomic E-state index is 12.2. The molecule has 0 saturated carbocycles. The van der Waals surface area contributed by atoms with Crippen LogP contribution in [-0.2, 0) is 10.0 Å². The van der Waals surface area contributed by atoms with Gasteiger partial charge in [-0.3, -0.25) is 4.79 Å². The Morgan fingerprint density at radius 2 is 1.95 bits per heavy atom. The fourth-order valence-electron chi connectivity index (χ4n) is 1.77. The van der Waals surface area contributed by atoms with E-state index >= 15 is 0 Å². The fourth-order valence-corrected chi connectivity index (χ4v) is 3.66. The Hall–Kier alpha value is -0.670. The molecule has 122 valence electrons. The van der Waals surface area contributed by atoms with Crippen molar-refractivity contribution in [2.75, 3.05) is 13.6 Å². The second-order valence-electron chi connectivity index (χ2n) is 4.50. The molecule has 0 radical (unpaired) electrons. The molecule has 0 bridgehead atoms. The van der Waals surface area contributed by atoms with Crippen LogP contribution in [0.3, 0.4) is 0 Å². The molecule has 1 aromatic heterocycles. The third-order valence-electron chi connectivity index (χ3n) is 3.50. The fraction of sp³-hybridized carbons (Fsp3) is 0.583. The highest BCUT2D eigenvalue weighted by atomic mass is 35.5. The number of sulfonamides is 1. The quantitative estimate of drug-likeness (QED) is 0.686. The lowest BCUT2D eigenvalue weighted by Gasteiger charge is -2.31. The first-order valence-corrected chi connectivity index (χ1v) is 8.75. The summed E-state index contributed by atoms with van der Waals surface area (Å²) in [7, 11) is -2.18. The zero-order valence-electron chi connectivity index (χ0n) is 12.3. The summed E-state index contributed by atoms with van der Waals surface area (Å²) in [6, 6.07) is 1.37. The van der Waals surface area contributed by atoms with E-state index in [1.807, 2.05) is 13.8 Å². The normalized spacial score (nSPS) is 11.8. The number of carbonyl (C=O) groups is 1. The monoisotopic (exact) mass is 355 g/mol. The molecule has 0 fully saturated rings. The van der Waals surface area contributed by atoms with Gasteiger partial charge in [-0.1, -0.05) is 13.8 Å². The van der Waals surface area contributed by atoms with Crippen molar-refractivity contribution >= 4 is 39.7 Å². The summed E-state index contributed by atoms with van der Waals surface area (Å²) in [4.78, 5) is 12.7. The molecule has 0 unspecified atom stereocenters. The van der Waals surface area contributed by atoms with Gasteiger partial charge in [0.1, 0.15) is 0 Å². The molecule has 1 heterocycles. The summed E-state index contributed by atoms with van der Waals surface area (Å²) < 4.78 is 25.5. The highest BCUT2D eigenvalue weighted by molar-refractivity contribution is 7.89. The second-order valence-corrected chi connectivity index (χ2v) is 7.30. The largest absolute Gasteiger partial charge is 0.345 e. The van der Waals surface area contributed by atoms with Crippen molar-refractivity contribution in [1.29, 1.82) is 0 Å². The highest BCUT2D eigenvalue weighted by Gasteiger charge is 2.28. The van der Waals surface area contributed by atoms with Gasteiger partial charge in [0.2, 0.25) is 10.0 Å². The Morgan fingerprint density at radius 1 is 1.38 bits per heavy atom. The zero-order chi connectivity index (χ0) is 15.4. The SMILES string of the molecule is CCC(CC)(CN)NC(=O)c1cc(S(=O)(=O)NC)cs1.Cl. The summed E-state index contributed by atoms with van der Waals surface area (Å²) in [5.41, 5.74) is 5.29. The molecule has 0 aliphatic heterocycles. The van der Waals surface area contributed by atoms with E-state index in [-0.39, 0.29) is 23.2 Å². The van der Waals surface area contributed by atoms with Crippen LogP contribution in [0, 0.1) is 0 Å². The Bertz CT molecular complexity index is 560. The Labute approximate surface area is 136 Å². The standard InChI is InChI=1S/C12H21N3O3S2.ClH/c1-4-12(5-2,8-13)15-11(16)10-6-9(7-19-10)20(17,18)14-3;/h6-7,14H,4-5,8,13H2,1-3H3,(H,15,16);1H. The van der Waals surface area contributed by atoms with Gasteiger partial charge in [0.15, 0.2) is 0 Å². The van der Waals surface area contributed by atoms with E-state index in [4.69, 9.17) is 5.73 Å². The van der Waals surface area contributed by atoms with E-state index in [1.54, 1.807) is 0 Å².